The van der Waals surface area contributed by atoms with Crippen molar-refractivity contribution < 1.29 is 17.9 Å². The van der Waals surface area contributed by atoms with Crippen molar-refractivity contribution >= 4 is 85.1 Å². The maximum absolute atomic E-state index is 7.06. The molecule has 4 unspecified atom stereocenters. The topological polar surface area (TPSA) is 351 Å². The van der Waals surface area contributed by atoms with Gasteiger partial charge >= 0.3 is 0 Å². The largest absolute Gasteiger partial charge is 0.447 e. The van der Waals surface area contributed by atoms with E-state index in [-0.39, 0.29) is 52.0 Å². The van der Waals surface area contributed by atoms with Gasteiger partial charge in [0.15, 0.2) is 40.5 Å². The third kappa shape index (κ3) is 6.41. The zero-order chi connectivity index (χ0) is 55.0. The van der Waals surface area contributed by atoms with E-state index in [9.17, 15) is 0 Å². The number of rotatable bonds is 15. The van der Waals surface area contributed by atoms with Crippen LogP contribution in [0, 0.1) is 0 Å². The third-order valence-corrected chi connectivity index (χ3v) is 17.4. The Morgan fingerprint density at radius 3 is 2.27 bits per heavy atom. The second-order valence-electron chi connectivity index (χ2n) is 18.3. The smallest absolute Gasteiger partial charge is 0.227 e. The fraction of sp³-hybridized carbons (Fsp3) is 0.0800. The Bertz CT molecular complexity index is 4340. The first-order valence-corrected chi connectivity index (χ1v) is 28.3. The summed E-state index contributed by atoms with van der Waals surface area (Å²) < 4.78 is 36.3. The van der Waals surface area contributed by atoms with Gasteiger partial charge in [0.2, 0.25) is 17.4 Å². The highest BCUT2D eigenvalue weighted by atomic mass is 32.1. The van der Waals surface area contributed by atoms with Crippen LogP contribution in [-0.4, -0.2) is 106 Å². The Balaban J connectivity index is 1.28. The Morgan fingerprint density at radius 2 is 1.60 bits per heavy atom. The van der Waals surface area contributed by atoms with E-state index in [2.05, 4.69) is 50.7 Å². The molecule has 16 rings (SSSR count). The van der Waals surface area contributed by atoms with Crippen LogP contribution in [0.4, 0.5) is 22.5 Å². The summed E-state index contributed by atoms with van der Waals surface area (Å²) in [6.45, 7) is 0. The van der Waals surface area contributed by atoms with Crippen LogP contribution in [0.15, 0.2) is 193 Å². The molecule has 0 amide bonds. The summed E-state index contributed by atoms with van der Waals surface area (Å²) in [4.78, 5) is 32.2. The molecule has 14 aromatic heterocycles. The average molecular weight is 1180 g/mol. The molecule has 33 heteroatoms. The highest BCUT2D eigenvalue weighted by Gasteiger charge is 2.88. The van der Waals surface area contributed by atoms with E-state index in [1.807, 2.05) is 96.8 Å². The van der Waals surface area contributed by atoms with Crippen LogP contribution in [0.5, 0.6) is 0 Å². The lowest BCUT2D eigenvalue weighted by atomic mass is 9.48. The average Bonchev–Trinajstić information content (AvgIpc) is 0.742. The fourth-order valence-corrected chi connectivity index (χ4v) is 14.8. The lowest BCUT2D eigenvalue weighted by molar-refractivity contribution is 0.0446. The normalized spacial score (nSPS) is 21.3. The van der Waals surface area contributed by atoms with Crippen LogP contribution >= 0.6 is 45.7 Å². The van der Waals surface area contributed by atoms with Gasteiger partial charge in [-0.15, -0.1) is 43.1 Å². The van der Waals surface area contributed by atoms with Crippen molar-refractivity contribution in [2.45, 2.75) is 22.2 Å². The number of thiophene rings is 1. The summed E-state index contributed by atoms with van der Waals surface area (Å²) in [5, 5.41) is 70.2. The lowest BCUT2D eigenvalue weighted by Gasteiger charge is -2.72. The van der Waals surface area contributed by atoms with Gasteiger partial charge in [-0.25, -0.2) is 30.1 Å². The zero-order valence-corrected chi connectivity index (χ0v) is 45.1. The molecular weight excluding hydrogens is 1140 g/mol. The Morgan fingerprint density at radius 1 is 0.614 bits per heavy atom. The number of aromatic nitrogens is 21. The van der Waals surface area contributed by atoms with E-state index in [1.165, 1.54) is 59.2 Å². The van der Waals surface area contributed by atoms with E-state index < -0.39 is 22.2 Å². The van der Waals surface area contributed by atoms with E-state index in [4.69, 9.17) is 72.8 Å². The first-order valence-electron chi connectivity index (χ1n) is 24.8. The second kappa shape index (κ2) is 18.9. The van der Waals surface area contributed by atoms with Gasteiger partial charge in [-0.2, -0.15) is 9.47 Å². The summed E-state index contributed by atoms with van der Waals surface area (Å²) in [6, 6.07) is 22.4. The van der Waals surface area contributed by atoms with Crippen LogP contribution in [0.25, 0.3) is 16.8 Å². The Hall–Kier alpha value is -10.9. The highest BCUT2D eigenvalue weighted by Crippen LogP contribution is 2.75. The molecule has 1 saturated heterocycles. The van der Waals surface area contributed by atoms with Crippen molar-refractivity contribution in [3.8, 4) is 0 Å². The quantitative estimate of drug-likeness (QED) is 0.0675. The molecular formula is C50H33N25O4S4. The molecule has 406 valence electrons. The molecule has 2 aliphatic rings. The monoisotopic (exact) mass is 1180 g/mol. The molecule has 0 aromatic carbocycles. The van der Waals surface area contributed by atoms with Gasteiger partial charge < -0.3 is 32.7 Å². The number of tetrazole rings is 1. The van der Waals surface area contributed by atoms with Crippen LogP contribution < -0.4 is 19.8 Å². The number of anilines is 4. The number of imidazole rings is 1. The van der Waals surface area contributed by atoms with E-state index in [1.54, 1.807) is 67.0 Å². The number of hydrogen-bond donors (Lipinski definition) is 5. The van der Waals surface area contributed by atoms with Gasteiger partial charge in [0, 0.05) is 77.1 Å². The summed E-state index contributed by atoms with van der Waals surface area (Å²) in [5.41, 5.74) is -5.60. The number of furan rings is 1. The van der Waals surface area contributed by atoms with Crippen molar-refractivity contribution in [1.82, 2.24) is 106 Å². The van der Waals surface area contributed by atoms with Crippen LogP contribution in [-0.2, 0) is 22.2 Å². The SMILES string of the molecule is c1ccc(C2(c3ncco3)N(c3ccon3)C(C3=C(c4cc[nH]n4)C(c4ncc[nH]4)=C(c4ccc[nH]4)N(c4cccs4)N3c3ccco3)(c3conn3)N(c3csnn3)C(c3c[nH]nn3)(c3nccs3)C2(c2ccsn2)c2nnn[nH]2)nc1. The number of oxazole rings is 1. The molecule has 4 atom stereocenters. The van der Waals surface area contributed by atoms with Crippen molar-refractivity contribution in [3.05, 3.63) is 231 Å². The fourth-order valence-electron chi connectivity index (χ4n) is 12.2. The summed E-state index contributed by atoms with van der Waals surface area (Å²) in [5.74, 6) is 0.926. The molecule has 0 spiro atoms. The summed E-state index contributed by atoms with van der Waals surface area (Å²) in [6.07, 6.45) is 19.5. The molecule has 5 N–H and O–H groups in total. The number of pyridine rings is 1. The maximum Gasteiger partial charge on any atom is 0.227 e. The predicted molar refractivity (Wildman–Crippen MR) is 295 cm³/mol. The maximum atomic E-state index is 7.06. The summed E-state index contributed by atoms with van der Waals surface area (Å²) in [7, 11) is 0. The molecule has 1 fully saturated rings. The third-order valence-electron chi connectivity index (χ3n) is 14.6. The highest BCUT2D eigenvalue weighted by molar-refractivity contribution is 7.14. The van der Waals surface area contributed by atoms with E-state index in [0.29, 0.717) is 49.8 Å². The van der Waals surface area contributed by atoms with Crippen molar-refractivity contribution in [2.75, 3.05) is 19.8 Å². The van der Waals surface area contributed by atoms with E-state index in [0.717, 1.165) is 11.5 Å². The zero-order valence-electron chi connectivity index (χ0n) is 41.9. The molecule has 83 heavy (non-hydrogen) atoms. The molecule has 0 bridgehead atoms. The van der Waals surface area contributed by atoms with Gasteiger partial charge in [0.25, 0.3) is 0 Å². The molecule has 29 nitrogen and oxygen atoms in total. The number of nitrogens with one attached hydrogen (secondary N) is 5. The van der Waals surface area contributed by atoms with Gasteiger partial charge in [-0.05, 0) is 93.5 Å². The number of hydrazine groups is 1. The molecule has 0 aliphatic carbocycles. The van der Waals surface area contributed by atoms with Crippen molar-refractivity contribution in [1.29, 1.82) is 0 Å². The second-order valence-corrected chi connectivity index (χ2v) is 21.4. The van der Waals surface area contributed by atoms with E-state index >= 15 is 0 Å². The minimum Gasteiger partial charge on any atom is -0.447 e. The Kier molecular flexibility index (Phi) is 10.9. The molecule has 16 heterocycles. The molecule has 14 aromatic rings. The van der Waals surface area contributed by atoms with Crippen molar-refractivity contribution in [3.63, 3.8) is 0 Å². The number of H-pyrrole nitrogens is 5. The molecule has 0 radical (unpaired) electrons. The Labute approximate surface area is 479 Å². The number of allylic oxidation sites excluding steroid dienone is 2. The van der Waals surface area contributed by atoms with Crippen LogP contribution in [0.1, 0.15) is 56.7 Å². The minimum absolute atomic E-state index is 0.0313. The van der Waals surface area contributed by atoms with Gasteiger partial charge in [-0.3, -0.25) is 20.1 Å². The number of nitrogens with zero attached hydrogens (tertiary/aromatic N) is 20. The predicted octanol–water partition coefficient (Wildman–Crippen LogP) is 7.24. The van der Waals surface area contributed by atoms with Gasteiger partial charge in [-0.1, -0.05) is 20.9 Å². The summed E-state index contributed by atoms with van der Waals surface area (Å²) >= 11 is 4.98. The van der Waals surface area contributed by atoms with Crippen molar-refractivity contribution in [2.24, 2.45) is 0 Å². The number of hydrogen-bond acceptors (Lipinski definition) is 28. The minimum atomic E-state index is -2.42. The standard InChI is InChI=1S/C50H33N25O4S4/c1-2-13-52-32(7-1)48(45-55-18-22-77-45)47(31-12-24-82-66-31,44-63-68-69-64-44)49(33-26-58-67-60-33,46-56-19-25-81-46)75(36-28-83-71-62-36)50(34-27-79-70-61-34,74(48)35-11-21-78-65-35)42-39(29-10-15-57-59-29)40(43-53-16-17-54-43)41(30-6-3-14-51-30)73(38-9-5-23-80-38)72(42)37-8-4-20-76-37/h1-28,51H,(H,53,54)(H,57,59)(H,58,60,67)(H,63,64,68,69). The first kappa shape index (κ1) is 48.0. The lowest BCUT2D eigenvalue weighted by Crippen LogP contribution is -2.88. The molecule has 0 saturated carbocycles. The van der Waals surface area contributed by atoms with Gasteiger partial charge in [0.1, 0.15) is 45.2 Å². The van der Waals surface area contributed by atoms with Gasteiger partial charge in [0.05, 0.1) is 51.9 Å². The van der Waals surface area contributed by atoms with Crippen LogP contribution in [0.2, 0.25) is 0 Å². The molecule has 2 aliphatic heterocycles. The number of thiazole rings is 1. The first-order chi connectivity index (χ1) is 41.2. The van der Waals surface area contributed by atoms with Crippen LogP contribution in [0.3, 0.4) is 0 Å². The number of aromatic amines is 5.